The summed E-state index contributed by atoms with van der Waals surface area (Å²) in [5, 5.41) is 9.98. The van der Waals surface area contributed by atoms with Crippen molar-refractivity contribution in [2.45, 2.75) is 124 Å². The van der Waals surface area contributed by atoms with E-state index < -0.39 is 47.1 Å². The van der Waals surface area contributed by atoms with Gasteiger partial charge in [0.25, 0.3) is 0 Å². The number of carbonyl (C=O) groups is 4. The van der Waals surface area contributed by atoms with Crippen LogP contribution in [-0.4, -0.2) is 52.2 Å². The van der Waals surface area contributed by atoms with Crippen LogP contribution in [0.25, 0.3) is 0 Å². The van der Waals surface area contributed by atoms with Gasteiger partial charge in [-0.2, -0.15) is 0 Å². The Morgan fingerprint density at radius 2 is 1.34 bits per heavy atom. The molecule has 11 nitrogen and oxygen atoms in total. The first-order valence-corrected chi connectivity index (χ1v) is 13.8. The van der Waals surface area contributed by atoms with Gasteiger partial charge in [-0.15, -0.1) is 0 Å². The molecular weight excluding hydrogens is 534 g/mol. The van der Waals surface area contributed by atoms with Crippen molar-refractivity contribution >= 4 is 24.2 Å². The van der Waals surface area contributed by atoms with Crippen LogP contribution in [0, 0.1) is 5.41 Å². The van der Waals surface area contributed by atoms with Crippen LogP contribution in [0.5, 0.6) is 11.5 Å². The Kier molecular flexibility index (Phi) is 12.2. The number of rotatable bonds is 13. The molecule has 1 aromatic rings. The molecule has 2 atom stereocenters. The molecule has 3 N–H and O–H groups in total. The number of hydrogen-bond donors (Lipinski definition) is 2. The van der Waals surface area contributed by atoms with E-state index in [0.717, 1.165) is 0 Å². The van der Waals surface area contributed by atoms with Crippen molar-refractivity contribution in [3.63, 3.8) is 0 Å². The van der Waals surface area contributed by atoms with Gasteiger partial charge in [0, 0.05) is 12.8 Å². The van der Waals surface area contributed by atoms with Gasteiger partial charge in [0.15, 0.2) is 11.5 Å². The fourth-order valence-corrected chi connectivity index (χ4v) is 3.50. The molecule has 0 heterocycles. The third-order valence-corrected chi connectivity index (χ3v) is 6.42. The second kappa shape index (κ2) is 14.0. The molecule has 0 saturated heterocycles. The second-order valence-electron chi connectivity index (χ2n) is 12.8. The standard InChI is InChI=1S/C30H47NO10/c1-11-28(7,8)40-25(35)38-21-14-13-20(15-22(21)39-26(36)41-29(9,10)12-2)17-30(31,24(33)34)16-19(3)37-23(32)18-27(4,5)6/h13-15,19H,11-12,16-18,31H2,1-10H3,(H,33,34)/t19-,30?/m0/s1. The van der Waals surface area contributed by atoms with E-state index in [4.69, 9.17) is 29.4 Å². The Morgan fingerprint density at radius 3 is 1.78 bits per heavy atom. The van der Waals surface area contributed by atoms with E-state index in [1.54, 1.807) is 34.6 Å². The molecule has 0 aromatic heterocycles. The molecule has 0 aliphatic carbocycles. The highest BCUT2D eigenvalue weighted by Crippen LogP contribution is 2.32. The Morgan fingerprint density at radius 1 is 0.854 bits per heavy atom. The van der Waals surface area contributed by atoms with Crippen molar-refractivity contribution in [2.75, 3.05) is 0 Å². The van der Waals surface area contributed by atoms with Gasteiger partial charge in [-0.25, -0.2) is 9.59 Å². The number of carboxylic acids is 1. The zero-order chi connectivity index (χ0) is 31.8. The van der Waals surface area contributed by atoms with Crippen LogP contribution in [0.4, 0.5) is 9.59 Å². The van der Waals surface area contributed by atoms with Gasteiger partial charge in [0.05, 0.1) is 6.42 Å². The lowest BCUT2D eigenvalue weighted by Gasteiger charge is -2.29. The lowest BCUT2D eigenvalue weighted by Crippen LogP contribution is -2.52. The highest BCUT2D eigenvalue weighted by Gasteiger charge is 2.38. The molecule has 0 amide bonds. The predicted octanol–water partition coefficient (Wildman–Crippen LogP) is 6.18. The molecule has 0 fully saturated rings. The van der Waals surface area contributed by atoms with Gasteiger partial charge in [-0.05, 0) is 70.6 Å². The summed E-state index contributed by atoms with van der Waals surface area (Å²) in [5.41, 5.74) is 2.91. The number of carbonyl (C=O) groups excluding carboxylic acids is 3. The molecule has 0 aliphatic rings. The number of hydrogen-bond acceptors (Lipinski definition) is 10. The second-order valence-corrected chi connectivity index (χ2v) is 12.8. The first-order valence-electron chi connectivity index (χ1n) is 13.8. The maximum absolute atomic E-state index is 12.6. The van der Waals surface area contributed by atoms with Gasteiger partial charge in [-0.3, -0.25) is 9.59 Å². The van der Waals surface area contributed by atoms with E-state index in [-0.39, 0.29) is 36.2 Å². The lowest BCUT2D eigenvalue weighted by atomic mass is 9.86. The van der Waals surface area contributed by atoms with Crippen molar-refractivity contribution in [2.24, 2.45) is 11.1 Å². The molecule has 1 aromatic carbocycles. The SMILES string of the molecule is CCC(C)(C)OC(=O)Oc1ccc(CC(N)(C[C@H](C)OC(=O)CC(C)(C)C)C(=O)O)cc1OC(=O)OC(C)(C)CC. The first kappa shape index (κ1) is 35.7. The number of benzene rings is 1. The summed E-state index contributed by atoms with van der Waals surface area (Å²) < 4.78 is 26.8. The van der Waals surface area contributed by atoms with Crippen molar-refractivity contribution in [1.82, 2.24) is 0 Å². The van der Waals surface area contributed by atoms with E-state index in [1.165, 1.54) is 18.2 Å². The van der Waals surface area contributed by atoms with Gasteiger partial charge < -0.3 is 34.5 Å². The summed E-state index contributed by atoms with van der Waals surface area (Å²) in [6, 6.07) is 4.18. The zero-order valence-electron chi connectivity index (χ0n) is 26.0. The van der Waals surface area contributed by atoms with Gasteiger partial charge in [0.1, 0.15) is 22.8 Å². The number of esters is 1. The average molecular weight is 582 g/mol. The Hall–Kier alpha value is -3.34. The average Bonchev–Trinajstić information content (AvgIpc) is 2.78. The van der Waals surface area contributed by atoms with Crippen LogP contribution in [0.15, 0.2) is 18.2 Å². The number of carboxylic acid groups (broad SMARTS) is 1. The number of aliphatic carboxylic acids is 1. The molecule has 0 aliphatic heterocycles. The van der Waals surface area contributed by atoms with Crippen LogP contribution in [0.2, 0.25) is 0 Å². The molecular formula is C30H47NO10. The van der Waals surface area contributed by atoms with Crippen LogP contribution in [0.1, 0.15) is 100 Å². The quantitative estimate of drug-likeness (QED) is 0.155. The van der Waals surface area contributed by atoms with E-state index >= 15 is 0 Å². The molecule has 0 bridgehead atoms. The minimum Gasteiger partial charge on any atom is -0.480 e. The molecule has 232 valence electrons. The zero-order valence-corrected chi connectivity index (χ0v) is 26.0. The molecule has 1 rings (SSSR count). The fourth-order valence-electron chi connectivity index (χ4n) is 3.50. The van der Waals surface area contributed by atoms with E-state index in [9.17, 15) is 24.3 Å². The summed E-state index contributed by atoms with van der Waals surface area (Å²) in [5.74, 6) is -2.10. The third-order valence-electron chi connectivity index (χ3n) is 6.42. The van der Waals surface area contributed by atoms with Crippen LogP contribution in [-0.2, 0) is 30.2 Å². The monoisotopic (exact) mass is 581 g/mol. The van der Waals surface area contributed by atoms with Crippen LogP contribution >= 0.6 is 0 Å². The highest BCUT2D eigenvalue weighted by atomic mass is 16.8. The molecule has 11 heteroatoms. The predicted molar refractivity (Wildman–Crippen MR) is 152 cm³/mol. The largest absolute Gasteiger partial charge is 0.514 e. The summed E-state index contributed by atoms with van der Waals surface area (Å²) in [7, 11) is 0. The van der Waals surface area contributed by atoms with Crippen molar-refractivity contribution < 1.29 is 48.0 Å². The van der Waals surface area contributed by atoms with E-state index in [2.05, 4.69) is 0 Å². The summed E-state index contributed by atoms with van der Waals surface area (Å²) >= 11 is 0. The molecule has 0 saturated carbocycles. The third kappa shape index (κ3) is 12.8. The van der Waals surface area contributed by atoms with E-state index in [1.807, 2.05) is 34.6 Å². The maximum atomic E-state index is 12.6. The first-order chi connectivity index (χ1) is 18.6. The van der Waals surface area contributed by atoms with Crippen molar-refractivity contribution in [3.8, 4) is 11.5 Å². The van der Waals surface area contributed by atoms with Crippen LogP contribution in [0.3, 0.4) is 0 Å². The maximum Gasteiger partial charge on any atom is 0.514 e. The van der Waals surface area contributed by atoms with Gasteiger partial charge in [0.2, 0.25) is 0 Å². The normalized spacial score (nSPS) is 14.3. The van der Waals surface area contributed by atoms with Crippen molar-refractivity contribution in [3.05, 3.63) is 23.8 Å². The Labute approximate surface area is 243 Å². The molecule has 1 unspecified atom stereocenters. The van der Waals surface area contributed by atoms with Crippen LogP contribution < -0.4 is 15.2 Å². The Bertz CT molecular complexity index is 1090. The molecule has 0 spiro atoms. The number of ether oxygens (including phenoxy) is 5. The molecule has 41 heavy (non-hydrogen) atoms. The van der Waals surface area contributed by atoms with Gasteiger partial charge in [-0.1, -0.05) is 40.7 Å². The fraction of sp³-hybridized carbons (Fsp3) is 0.667. The smallest absolute Gasteiger partial charge is 0.480 e. The summed E-state index contributed by atoms with van der Waals surface area (Å²) in [6.45, 7) is 17.8. The number of nitrogens with two attached hydrogens (primary N) is 1. The highest BCUT2D eigenvalue weighted by molar-refractivity contribution is 5.79. The topological polar surface area (TPSA) is 161 Å². The molecule has 0 radical (unpaired) electrons. The lowest BCUT2D eigenvalue weighted by molar-refractivity contribution is -0.154. The minimum absolute atomic E-state index is 0.140. The summed E-state index contributed by atoms with van der Waals surface area (Å²) in [6.07, 6.45) is -2.04. The Balaban J connectivity index is 3.28. The minimum atomic E-state index is -1.84. The van der Waals surface area contributed by atoms with Gasteiger partial charge >= 0.3 is 24.2 Å². The van der Waals surface area contributed by atoms with Crippen molar-refractivity contribution in [1.29, 1.82) is 0 Å². The van der Waals surface area contributed by atoms with E-state index in [0.29, 0.717) is 18.4 Å². The summed E-state index contributed by atoms with van der Waals surface area (Å²) in [4.78, 5) is 49.5.